The maximum atomic E-state index is 11.9. The van der Waals surface area contributed by atoms with Gasteiger partial charge in [0.15, 0.2) is 0 Å². The van der Waals surface area contributed by atoms with Crippen LogP contribution in [0.15, 0.2) is 60.7 Å². The van der Waals surface area contributed by atoms with Crippen molar-refractivity contribution in [1.82, 2.24) is 9.55 Å². The number of carbonyl (C=O) groups is 2. The van der Waals surface area contributed by atoms with Gasteiger partial charge in [-0.3, -0.25) is 9.36 Å². The van der Waals surface area contributed by atoms with Gasteiger partial charge in [0.1, 0.15) is 5.82 Å². The Bertz CT molecular complexity index is 1370. The first-order valence-corrected chi connectivity index (χ1v) is 11.7. The van der Waals surface area contributed by atoms with Gasteiger partial charge in [-0.2, -0.15) is 0 Å². The molecule has 0 unspecified atom stereocenters. The number of aromatic nitrogens is 2. The van der Waals surface area contributed by atoms with Gasteiger partial charge in [0.25, 0.3) is 0 Å². The van der Waals surface area contributed by atoms with E-state index in [1.54, 1.807) is 12.1 Å². The summed E-state index contributed by atoms with van der Waals surface area (Å²) in [5, 5.41) is 12.6. The van der Waals surface area contributed by atoms with Gasteiger partial charge >= 0.3 is 5.97 Å². The van der Waals surface area contributed by atoms with E-state index in [0.29, 0.717) is 12.0 Å². The molecule has 0 aliphatic carbocycles. The summed E-state index contributed by atoms with van der Waals surface area (Å²) in [7, 11) is 0. The van der Waals surface area contributed by atoms with E-state index < -0.39 is 5.97 Å². The van der Waals surface area contributed by atoms with Crippen LogP contribution in [0.4, 0.5) is 5.69 Å². The van der Waals surface area contributed by atoms with Crippen molar-refractivity contribution in [2.75, 3.05) is 5.32 Å². The molecule has 34 heavy (non-hydrogen) atoms. The summed E-state index contributed by atoms with van der Waals surface area (Å²) in [4.78, 5) is 28.6. The fourth-order valence-electron chi connectivity index (χ4n) is 4.24. The van der Waals surface area contributed by atoms with Crippen molar-refractivity contribution in [2.45, 2.75) is 46.5 Å². The molecule has 174 valence electrons. The van der Waals surface area contributed by atoms with Crippen LogP contribution in [0, 0.1) is 6.92 Å². The van der Waals surface area contributed by atoms with Crippen LogP contribution in [-0.2, 0) is 11.2 Å². The summed E-state index contributed by atoms with van der Waals surface area (Å²) in [6.07, 6.45) is 3.33. The van der Waals surface area contributed by atoms with E-state index in [-0.39, 0.29) is 11.5 Å². The molecule has 6 heteroatoms. The molecule has 0 aliphatic heterocycles. The number of benzene rings is 3. The highest BCUT2D eigenvalue weighted by molar-refractivity contribution is 5.97. The molecule has 1 heterocycles. The fraction of sp³-hybridized carbons (Fsp3) is 0.250. The second-order valence-electron chi connectivity index (χ2n) is 8.42. The number of aromatic carboxylic acids is 1. The minimum absolute atomic E-state index is 0.0334. The molecule has 0 saturated carbocycles. The van der Waals surface area contributed by atoms with Crippen LogP contribution in [0.3, 0.4) is 0 Å². The monoisotopic (exact) mass is 455 g/mol. The number of hydrogen-bond acceptors (Lipinski definition) is 3. The first-order chi connectivity index (χ1) is 16.4. The molecule has 1 aromatic heterocycles. The molecular formula is C28H29N3O3. The van der Waals surface area contributed by atoms with Gasteiger partial charge in [0, 0.05) is 24.2 Å². The van der Waals surface area contributed by atoms with Crippen molar-refractivity contribution in [3.8, 4) is 16.8 Å². The number of fused-ring (bicyclic) bond motifs is 1. The largest absolute Gasteiger partial charge is 0.478 e. The minimum Gasteiger partial charge on any atom is -0.478 e. The van der Waals surface area contributed by atoms with Gasteiger partial charge in [-0.1, -0.05) is 44.5 Å². The van der Waals surface area contributed by atoms with Gasteiger partial charge in [-0.15, -0.1) is 0 Å². The average Bonchev–Trinajstić information content (AvgIpc) is 3.20. The lowest BCUT2D eigenvalue weighted by Gasteiger charge is -2.14. The number of unbranched alkanes of at least 4 members (excludes halogenated alkanes) is 1. The topological polar surface area (TPSA) is 84.2 Å². The third-order valence-electron chi connectivity index (χ3n) is 6.00. The SMILES string of the molecule is CCCCc1nc2ccc(NC(=O)CC)cc2n1-c1ccc(-c2ccccc2C(=O)O)c(C)c1. The van der Waals surface area contributed by atoms with Crippen molar-refractivity contribution in [1.29, 1.82) is 0 Å². The molecule has 4 rings (SSSR count). The number of nitrogens with zero attached hydrogens (tertiary/aromatic N) is 2. The summed E-state index contributed by atoms with van der Waals surface area (Å²) in [5.74, 6) is -0.00833. The second kappa shape index (κ2) is 9.91. The van der Waals surface area contributed by atoms with E-state index in [9.17, 15) is 14.7 Å². The maximum absolute atomic E-state index is 11.9. The number of hydrogen-bond donors (Lipinski definition) is 2. The quantitative estimate of drug-likeness (QED) is 0.322. The third-order valence-corrected chi connectivity index (χ3v) is 6.00. The lowest BCUT2D eigenvalue weighted by molar-refractivity contribution is -0.115. The predicted octanol–water partition coefficient (Wildman–Crippen LogP) is 6.39. The smallest absolute Gasteiger partial charge is 0.336 e. The molecule has 0 saturated heterocycles. The molecular weight excluding hydrogens is 426 g/mol. The van der Waals surface area contributed by atoms with Gasteiger partial charge in [-0.05, 0) is 66.4 Å². The van der Waals surface area contributed by atoms with E-state index in [4.69, 9.17) is 4.98 Å². The molecule has 0 aliphatic rings. The molecule has 6 nitrogen and oxygen atoms in total. The Hall–Kier alpha value is -3.93. The summed E-state index contributed by atoms with van der Waals surface area (Å²) < 4.78 is 2.15. The number of rotatable bonds is 8. The first-order valence-electron chi connectivity index (χ1n) is 11.7. The summed E-state index contributed by atoms with van der Waals surface area (Å²) >= 11 is 0. The summed E-state index contributed by atoms with van der Waals surface area (Å²) in [6, 6.07) is 18.9. The molecule has 0 bridgehead atoms. The van der Waals surface area contributed by atoms with Gasteiger partial charge in [0.2, 0.25) is 5.91 Å². The first kappa shape index (κ1) is 23.2. The zero-order valence-electron chi connectivity index (χ0n) is 19.8. The summed E-state index contributed by atoms with van der Waals surface area (Å²) in [5.41, 5.74) is 6.35. The highest BCUT2D eigenvalue weighted by Gasteiger charge is 2.17. The Balaban J connectivity index is 1.84. The Kier molecular flexibility index (Phi) is 6.77. The van der Waals surface area contributed by atoms with Crippen LogP contribution in [-0.4, -0.2) is 26.5 Å². The van der Waals surface area contributed by atoms with Gasteiger partial charge < -0.3 is 10.4 Å². The highest BCUT2D eigenvalue weighted by Crippen LogP contribution is 2.31. The average molecular weight is 456 g/mol. The van der Waals surface area contributed by atoms with Crippen LogP contribution in [0.2, 0.25) is 0 Å². The Morgan fingerprint density at radius 1 is 1.00 bits per heavy atom. The van der Waals surface area contributed by atoms with E-state index in [1.165, 1.54) is 0 Å². The Morgan fingerprint density at radius 2 is 1.79 bits per heavy atom. The van der Waals surface area contributed by atoms with Gasteiger partial charge in [-0.25, -0.2) is 9.78 Å². The zero-order valence-corrected chi connectivity index (χ0v) is 19.8. The number of nitrogens with one attached hydrogen (secondary N) is 1. The fourth-order valence-corrected chi connectivity index (χ4v) is 4.24. The number of carboxylic acids is 1. The number of carboxylic acid groups (broad SMARTS) is 1. The maximum Gasteiger partial charge on any atom is 0.336 e. The third kappa shape index (κ3) is 4.57. The highest BCUT2D eigenvalue weighted by atomic mass is 16.4. The number of anilines is 1. The molecule has 3 aromatic carbocycles. The van der Waals surface area contributed by atoms with Crippen molar-refractivity contribution in [2.24, 2.45) is 0 Å². The van der Waals surface area contributed by atoms with Crippen molar-refractivity contribution < 1.29 is 14.7 Å². The molecule has 0 atom stereocenters. The van der Waals surface area contributed by atoms with Crippen LogP contribution in [0.5, 0.6) is 0 Å². The molecule has 0 fully saturated rings. The van der Waals surface area contributed by atoms with Crippen molar-refractivity contribution in [3.05, 3.63) is 77.6 Å². The van der Waals surface area contributed by atoms with Crippen LogP contribution in [0.25, 0.3) is 27.8 Å². The number of amides is 1. The molecule has 0 spiro atoms. The number of imidazole rings is 1. The van der Waals surface area contributed by atoms with E-state index in [0.717, 1.165) is 58.6 Å². The zero-order chi connectivity index (χ0) is 24.2. The van der Waals surface area contributed by atoms with Gasteiger partial charge in [0.05, 0.1) is 16.6 Å². The van der Waals surface area contributed by atoms with Crippen LogP contribution < -0.4 is 5.32 Å². The molecule has 4 aromatic rings. The minimum atomic E-state index is -0.941. The summed E-state index contributed by atoms with van der Waals surface area (Å²) in [6.45, 7) is 5.98. The van der Waals surface area contributed by atoms with E-state index in [1.807, 2.05) is 56.3 Å². The second-order valence-corrected chi connectivity index (χ2v) is 8.42. The molecule has 0 radical (unpaired) electrons. The number of aryl methyl sites for hydroxylation is 2. The number of carbonyl (C=O) groups excluding carboxylic acids is 1. The molecule has 2 N–H and O–H groups in total. The lowest BCUT2D eigenvalue weighted by Crippen LogP contribution is -2.09. The van der Waals surface area contributed by atoms with Crippen LogP contribution >= 0.6 is 0 Å². The van der Waals surface area contributed by atoms with E-state index in [2.05, 4.69) is 22.9 Å². The van der Waals surface area contributed by atoms with Crippen molar-refractivity contribution in [3.63, 3.8) is 0 Å². The van der Waals surface area contributed by atoms with E-state index >= 15 is 0 Å². The predicted molar refractivity (Wildman–Crippen MR) is 136 cm³/mol. The Labute approximate surface area is 199 Å². The Morgan fingerprint density at radius 3 is 2.50 bits per heavy atom. The normalized spacial score (nSPS) is 11.0. The molecule has 1 amide bonds. The van der Waals surface area contributed by atoms with Crippen molar-refractivity contribution >= 4 is 28.6 Å². The standard InChI is InChI=1S/C28H29N3O3/c1-4-6-11-26-30-24-15-12-19(29-27(32)5-2)17-25(24)31(26)20-13-14-21(18(3)16-20)22-9-7-8-10-23(22)28(33)34/h7-10,12-17H,4-6,11H2,1-3H3,(H,29,32)(H,33,34). The van der Waals surface area contributed by atoms with Crippen LogP contribution in [0.1, 0.15) is 54.9 Å². The lowest BCUT2D eigenvalue weighted by atomic mass is 9.95.